The van der Waals surface area contributed by atoms with Crippen LogP contribution in [0.3, 0.4) is 0 Å². The molecule has 0 aromatic heterocycles. The molecule has 21 heavy (non-hydrogen) atoms. The van der Waals surface area contributed by atoms with Gasteiger partial charge in [0.15, 0.2) is 0 Å². The van der Waals surface area contributed by atoms with Crippen molar-refractivity contribution in [3.63, 3.8) is 0 Å². The van der Waals surface area contributed by atoms with Gasteiger partial charge in [-0.05, 0) is 37.1 Å². The highest BCUT2D eigenvalue weighted by Gasteiger charge is 2.15. The zero-order valence-corrected chi connectivity index (χ0v) is 13.1. The highest BCUT2D eigenvalue weighted by Crippen LogP contribution is 2.29. The highest BCUT2D eigenvalue weighted by molar-refractivity contribution is 5.41. The number of aliphatic hydroxyl groups is 2. The van der Waals surface area contributed by atoms with Gasteiger partial charge in [0, 0.05) is 18.7 Å². The minimum absolute atomic E-state index is 0.201. The van der Waals surface area contributed by atoms with Gasteiger partial charge in [0.25, 0.3) is 0 Å². The third-order valence-corrected chi connectivity index (χ3v) is 3.68. The summed E-state index contributed by atoms with van der Waals surface area (Å²) in [5, 5.41) is 22.5. The van der Waals surface area contributed by atoms with Gasteiger partial charge in [0.05, 0.1) is 20.3 Å². The molecule has 1 rings (SSSR count). The van der Waals surface area contributed by atoms with Crippen LogP contribution in [0.25, 0.3) is 0 Å². The maximum absolute atomic E-state index is 10.3. The summed E-state index contributed by atoms with van der Waals surface area (Å²) in [6, 6.07) is 5.38. The second-order valence-corrected chi connectivity index (χ2v) is 5.07. The van der Waals surface area contributed by atoms with E-state index >= 15 is 0 Å². The minimum atomic E-state index is -0.665. The maximum atomic E-state index is 10.3. The van der Waals surface area contributed by atoms with E-state index in [9.17, 15) is 5.11 Å². The van der Waals surface area contributed by atoms with Gasteiger partial charge < -0.3 is 25.0 Å². The molecule has 0 saturated carbocycles. The second kappa shape index (κ2) is 9.60. The van der Waals surface area contributed by atoms with Gasteiger partial charge in [-0.15, -0.1) is 0 Å². The summed E-state index contributed by atoms with van der Waals surface area (Å²) in [5.41, 5.74) is 0.708. The lowest BCUT2D eigenvalue weighted by Gasteiger charge is -2.19. The SMILES string of the molecule is CCC(CCO)CNCC(O)c1cc(OC)ccc1OC. The average Bonchev–Trinajstić information content (AvgIpc) is 2.53. The Morgan fingerprint density at radius 2 is 1.95 bits per heavy atom. The summed E-state index contributed by atoms with van der Waals surface area (Å²) in [5.74, 6) is 1.76. The van der Waals surface area contributed by atoms with Crippen molar-refractivity contribution in [1.82, 2.24) is 5.32 Å². The van der Waals surface area contributed by atoms with Crippen LogP contribution in [0, 0.1) is 5.92 Å². The molecule has 0 saturated heterocycles. The number of hydrogen-bond acceptors (Lipinski definition) is 5. The molecule has 2 unspecified atom stereocenters. The molecule has 5 nitrogen and oxygen atoms in total. The van der Waals surface area contributed by atoms with Crippen LogP contribution in [0.4, 0.5) is 0 Å². The fourth-order valence-corrected chi connectivity index (χ4v) is 2.27. The van der Waals surface area contributed by atoms with Crippen LogP contribution in [0.5, 0.6) is 11.5 Å². The highest BCUT2D eigenvalue weighted by atomic mass is 16.5. The van der Waals surface area contributed by atoms with E-state index in [1.54, 1.807) is 32.4 Å². The average molecular weight is 297 g/mol. The Morgan fingerprint density at radius 3 is 2.52 bits per heavy atom. The zero-order valence-electron chi connectivity index (χ0n) is 13.1. The number of nitrogens with one attached hydrogen (secondary N) is 1. The van der Waals surface area contributed by atoms with Gasteiger partial charge in [0.2, 0.25) is 0 Å². The number of aliphatic hydroxyl groups excluding tert-OH is 2. The van der Waals surface area contributed by atoms with Crippen molar-refractivity contribution >= 4 is 0 Å². The number of rotatable bonds is 10. The molecule has 0 bridgehead atoms. The standard InChI is InChI=1S/C16H27NO4/c1-4-12(7-8-18)10-17-11-15(19)14-9-13(20-2)5-6-16(14)21-3/h5-6,9,12,15,17-19H,4,7-8,10-11H2,1-3H3. The minimum Gasteiger partial charge on any atom is -0.497 e. The van der Waals surface area contributed by atoms with Crippen LogP contribution < -0.4 is 14.8 Å². The van der Waals surface area contributed by atoms with Crippen molar-refractivity contribution in [2.24, 2.45) is 5.92 Å². The summed E-state index contributed by atoms with van der Waals surface area (Å²) in [6.07, 6.45) is 1.12. The Labute approximate surface area is 126 Å². The lowest BCUT2D eigenvalue weighted by Crippen LogP contribution is -2.27. The Morgan fingerprint density at radius 1 is 1.19 bits per heavy atom. The fourth-order valence-electron chi connectivity index (χ4n) is 2.27. The topological polar surface area (TPSA) is 71.0 Å². The summed E-state index contributed by atoms with van der Waals surface area (Å²) < 4.78 is 10.5. The molecule has 120 valence electrons. The summed E-state index contributed by atoms with van der Waals surface area (Å²) in [7, 11) is 3.18. The van der Waals surface area contributed by atoms with Gasteiger partial charge in [-0.25, -0.2) is 0 Å². The third-order valence-electron chi connectivity index (χ3n) is 3.68. The number of hydrogen-bond donors (Lipinski definition) is 3. The normalized spacial score (nSPS) is 13.8. The van der Waals surface area contributed by atoms with Crippen LogP contribution >= 0.6 is 0 Å². The maximum Gasteiger partial charge on any atom is 0.124 e. The lowest BCUT2D eigenvalue weighted by molar-refractivity contribution is 0.166. The van der Waals surface area contributed by atoms with E-state index in [1.807, 2.05) is 0 Å². The predicted molar refractivity (Wildman–Crippen MR) is 82.9 cm³/mol. The smallest absolute Gasteiger partial charge is 0.124 e. The predicted octanol–water partition coefficient (Wildman–Crippen LogP) is 1.74. The Hall–Kier alpha value is -1.30. The molecule has 0 aliphatic carbocycles. The van der Waals surface area contributed by atoms with Gasteiger partial charge in [0.1, 0.15) is 11.5 Å². The van der Waals surface area contributed by atoms with Crippen molar-refractivity contribution in [2.75, 3.05) is 33.9 Å². The number of methoxy groups -OCH3 is 2. The molecule has 0 radical (unpaired) electrons. The van der Waals surface area contributed by atoms with Crippen molar-refractivity contribution in [3.05, 3.63) is 23.8 Å². The van der Waals surface area contributed by atoms with Gasteiger partial charge in [-0.2, -0.15) is 0 Å². The van der Waals surface area contributed by atoms with E-state index in [4.69, 9.17) is 14.6 Å². The molecular weight excluding hydrogens is 270 g/mol. The van der Waals surface area contributed by atoms with Crippen LogP contribution in [0.15, 0.2) is 18.2 Å². The quantitative estimate of drug-likeness (QED) is 0.613. The second-order valence-electron chi connectivity index (χ2n) is 5.07. The first-order chi connectivity index (χ1) is 10.2. The largest absolute Gasteiger partial charge is 0.497 e. The molecule has 3 N–H and O–H groups in total. The van der Waals surface area contributed by atoms with E-state index in [0.717, 1.165) is 19.4 Å². The molecule has 1 aromatic rings. The number of benzene rings is 1. The van der Waals surface area contributed by atoms with E-state index in [0.29, 0.717) is 29.5 Å². The lowest BCUT2D eigenvalue weighted by atomic mass is 10.0. The Kier molecular flexibility index (Phi) is 8.12. The van der Waals surface area contributed by atoms with Crippen molar-refractivity contribution in [3.8, 4) is 11.5 Å². The molecule has 0 heterocycles. The molecular formula is C16H27NO4. The van der Waals surface area contributed by atoms with Crippen molar-refractivity contribution < 1.29 is 19.7 Å². The van der Waals surface area contributed by atoms with E-state index in [1.165, 1.54) is 0 Å². The summed E-state index contributed by atoms with van der Waals surface area (Å²) >= 11 is 0. The molecule has 0 fully saturated rings. The van der Waals surface area contributed by atoms with E-state index in [-0.39, 0.29) is 6.61 Å². The summed E-state index contributed by atoms with van der Waals surface area (Å²) in [6.45, 7) is 3.52. The van der Waals surface area contributed by atoms with Crippen molar-refractivity contribution in [2.45, 2.75) is 25.9 Å². The van der Waals surface area contributed by atoms with E-state index < -0.39 is 6.10 Å². The molecule has 0 amide bonds. The van der Waals surface area contributed by atoms with Gasteiger partial charge in [-0.3, -0.25) is 0 Å². The van der Waals surface area contributed by atoms with Crippen molar-refractivity contribution in [1.29, 1.82) is 0 Å². The molecule has 0 spiro atoms. The zero-order chi connectivity index (χ0) is 15.7. The fraction of sp³-hybridized carbons (Fsp3) is 0.625. The molecule has 0 aliphatic heterocycles. The van der Waals surface area contributed by atoms with Crippen LogP contribution in [0.1, 0.15) is 31.4 Å². The molecule has 5 heteroatoms. The summed E-state index contributed by atoms with van der Waals surface area (Å²) in [4.78, 5) is 0. The van der Waals surface area contributed by atoms with Gasteiger partial charge >= 0.3 is 0 Å². The van der Waals surface area contributed by atoms with Crippen LogP contribution in [0.2, 0.25) is 0 Å². The Bertz CT molecular complexity index is 411. The molecule has 2 atom stereocenters. The Balaban J connectivity index is 2.60. The first kappa shape index (κ1) is 17.8. The first-order valence-electron chi connectivity index (χ1n) is 7.37. The molecule has 0 aliphatic rings. The van der Waals surface area contributed by atoms with Gasteiger partial charge in [-0.1, -0.05) is 13.3 Å². The third kappa shape index (κ3) is 5.53. The number of ether oxygens (including phenoxy) is 2. The molecule has 1 aromatic carbocycles. The monoisotopic (exact) mass is 297 g/mol. The van der Waals surface area contributed by atoms with Crippen LogP contribution in [-0.4, -0.2) is 44.1 Å². The van der Waals surface area contributed by atoms with E-state index in [2.05, 4.69) is 12.2 Å². The van der Waals surface area contributed by atoms with Crippen LogP contribution in [-0.2, 0) is 0 Å². The first-order valence-corrected chi connectivity index (χ1v) is 7.37.